The molecular formula is C64H38. The summed E-state index contributed by atoms with van der Waals surface area (Å²) in [5.41, 5.74) is 10.6. The van der Waals surface area contributed by atoms with E-state index < -0.39 is 0 Å². The summed E-state index contributed by atoms with van der Waals surface area (Å²) in [7, 11) is 0. The average molecular weight is 807 g/mol. The van der Waals surface area contributed by atoms with Crippen molar-refractivity contribution in [2.45, 2.75) is 12.8 Å². The lowest BCUT2D eigenvalue weighted by Gasteiger charge is -2.19. The van der Waals surface area contributed by atoms with Gasteiger partial charge >= 0.3 is 0 Å². The predicted molar refractivity (Wildman–Crippen MR) is 278 cm³/mol. The molecule has 294 valence electrons. The number of hydrogen-bond acceptors (Lipinski definition) is 0. The van der Waals surface area contributed by atoms with Crippen LogP contribution in [0.4, 0.5) is 0 Å². The third-order valence-corrected chi connectivity index (χ3v) is 14.9. The molecule has 0 saturated heterocycles. The standard InChI is InChI=1S/C64H38/c1-3-15-37(16-4-1)58-56-36-54-48-24-12-10-22-46(48)49-25-13-27-51(60(49)54)62(56)59(38-17-5-2-6-18-38)64-55-35-42-30-29-40-33-41(31-32-44(40)57(42)50-26-14-28-52(61(50)55)63(58)64)53-34-39-19-7-8-20-43(39)45-21-9-11-23-47(45)53/h1-9,11-21,23-36H,10,22H2. The maximum atomic E-state index is 2.57. The third-order valence-electron chi connectivity index (χ3n) is 14.9. The van der Waals surface area contributed by atoms with Crippen molar-refractivity contribution in [1.29, 1.82) is 0 Å². The Morgan fingerprint density at radius 2 is 0.891 bits per heavy atom. The molecule has 0 aromatic heterocycles. The van der Waals surface area contributed by atoms with Crippen LogP contribution >= 0.6 is 0 Å². The van der Waals surface area contributed by atoms with Crippen LogP contribution in [0.15, 0.2) is 200 Å². The maximum absolute atomic E-state index is 2.57. The molecule has 14 aromatic rings. The van der Waals surface area contributed by atoms with Gasteiger partial charge in [0.1, 0.15) is 0 Å². The monoisotopic (exact) mass is 806 g/mol. The number of benzene rings is 12. The SMILES string of the molecule is C1=Cc2c(c3cccc4c5c(-c6ccccc6)c6c7cc8ccc9cc(-c%10cc%11ccccc%11c%11ccccc%10%11)ccc9c8c8cccc(c6c(-c6ccccc6)c5cc2c34)c78)CC1. The van der Waals surface area contributed by atoms with Crippen LogP contribution < -0.4 is 0 Å². The summed E-state index contributed by atoms with van der Waals surface area (Å²) in [4.78, 5) is 0. The van der Waals surface area contributed by atoms with Crippen molar-refractivity contribution < 1.29 is 0 Å². The quantitative estimate of drug-likeness (QED) is 0.156. The number of rotatable bonds is 3. The Hall–Kier alpha value is -8.06. The van der Waals surface area contributed by atoms with E-state index in [4.69, 9.17) is 0 Å². The second-order valence-corrected chi connectivity index (χ2v) is 18.1. The molecule has 15 rings (SSSR count). The minimum Gasteiger partial charge on any atom is -0.0836 e. The summed E-state index contributed by atoms with van der Waals surface area (Å²) in [5.74, 6) is 0. The molecule has 0 fully saturated rings. The van der Waals surface area contributed by atoms with Crippen LogP contribution in [0.3, 0.4) is 0 Å². The van der Waals surface area contributed by atoms with Gasteiger partial charge in [-0.15, -0.1) is 0 Å². The first-order chi connectivity index (χ1) is 31.8. The van der Waals surface area contributed by atoms with Crippen molar-refractivity contribution in [3.8, 4) is 33.4 Å². The number of fused-ring (bicyclic) bond motifs is 15. The number of aryl methyl sites for hydroxylation is 1. The van der Waals surface area contributed by atoms with Crippen LogP contribution in [0.5, 0.6) is 0 Å². The zero-order valence-corrected chi connectivity index (χ0v) is 35.0. The highest BCUT2D eigenvalue weighted by Gasteiger charge is 2.28. The van der Waals surface area contributed by atoms with E-state index in [2.05, 4.69) is 206 Å². The average Bonchev–Trinajstić information content (AvgIpc) is 3.86. The Morgan fingerprint density at radius 3 is 1.70 bits per heavy atom. The molecule has 0 nitrogen and oxygen atoms in total. The molecule has 0 amide bonds. The van der Waals surface area contributed by atoms with Gasteiger partial charge in [0.15, 0.2) is 0 Å². The highest BCUT2D eigenvalue weighted by Crippen LogP contribution is 2.55. The van der Waals surface area contributed by atoms with Gasteiger partial charge in [0.25, 0.3) is 0 Å². The molecule has 0 saturated carbocycles. The van der Waals surface area contributed by atoms with Crippen molar-refractivity contribution in [3.63, 3.8) is 0 Å². The van der Waals surface area contributed by atoms with E-state index in [9.17, 15) is 0 Å². The molecule has 0 unspecified atom stereocenters. The Bertz CT molecular complexity index is 4320. The van der Waals surface area contributed by atoms with Gasteiger partial charge in [-0.05, 0) is 189 Å². The van der Waals surface area contributed by atoms with E-state index in [1.807, 2.05) is 0 Å². The van der Waals surface area contributed by atoms with E-state index >= 15 is 0 Å². The fraction of sp³-hybridized carbons (Fsp3) is 0.0312. The fourth-order valence-electron chi connectivity index (χ4n) is 12.4. The molecule has 0 spiro atoms. The topological polar surface area (TPSA) is 0 Å². The predicted octanol–water partition coefficient (Wildman–Crippen LogP) is 18.1. The zero-order valence-electron chi connectivity index (χ0n) is 35.0. The molecule has 0 heteroatoms. The Morgan fingerprint density at radius 1 is 0.281 bits per heavy atom. The molecule has 0 bridgehead atoms. The summed E-state index contributed by atoms with van der Waals surface area (Å²) >= 11 is 0. The van der Waals surface area contributed by atoms with Gasteiger partial charge in [0, 0.05) is 0 Å². The first kappa shape index (κ1) is 34.5. The number of hydrogen-bond donors (Lipinski definition) is 0. The molecule has 0 atom stereocenters. The second-order valence-electron chi connectivity index (χ2n) is 18.1. The van der Waals surface area contributed by atoms with Gasteiger partial charge in [-0.1, -0.05) is 182 Å². The lowest BCUT2D eigenvalue weighted by Crippen LogP contribution is -1.91. The molecule has 0 heterocycles. The summed E-state index contributed by atoms with van der Waals surface area (Å²) in [6, 6.07) is 73.6. The molecule has 0 radical (unpaired) electrons. The van der Waals surface area contributed by atoms with Crippen LogP contribution in [0.1, 0.15) is 17.5 Å². The zero-order chi connectivity index (χ0) is 41.6. The van der Waals surface area contributed by atoms with Crippen molar-refractivity contribution in [2.24, 2.45) is 0 Å². The molecule has 64 heavy (non-hydrogen) atoms. The largest absolute Gasteiger partial charge is 0.0836 e. The fourth-order valence-corrected chi connectivity index (χ4v) is 12.4. The Kier molecular flexibility index (Phi) is 6.88. The number of allylic oxidation sites excluding steroid dienone is 1. The Balaban J connectivity index is 1.10. The molecule has 14 aromatic carbocycles. The van der Waals surface area contributed by atoms with Gasteiger partial charge < -0.3 is 0 Å². The van der Waals surface area contributed by atoms with Gasteiger partial charge in [0.2, 0.25) is 0 Å². The molecule has 1 aliphatic carbocycles. The maximum Gasteiger partial charge on any atom is -0.000697 e. The normalized spacial score (nSPS) is 13.1. The highest BCUT2D eigenvalue weighted by atomic mass is 14.3. The van der Waals surface area contributed by atoms with Crippen LogP contribution in [-0.2, 0) is 6.42 Å². The van der Waals surface area contributed by atoms with Gasteiger partial charge in [0.05, 0.1) is 0 Å². The summed E-state index contributed by atoms with van der Waals surface area (Å²) in [5, 5.41) is 26.5. The Labute approximate surface area is 369 Å². The van der Waals surface area contributed by atoms with Gasteiger partial charge in [-0.3, -0.25) is 0 Å². The van der Waals surface area contributed by atoms with E-state index in [0.717, 1.165) is 12.8 Å². The van der Waals surface area contributed by atoms with Gasteiger partial charge in [-0.2, -0.15) is 0 Å². The highest BCUT2D eigenvalue weighted by molar-refractivity contribution is 6.45. The second kappa shape index (κ2) is 12.8. The van der Waals surface area contributed by atoms with E-state index in [1.54, 1.807) is 0 Å². The van der Waals surface area contributed by atoms with Crippen LogP contribution in [0, 0.1) is 0 Å². The summed E-state index contributed by atoms with van der Waals surface area (Å²) in [6.45, 7) is 0. The minimum absolute atomic E-state index is 1.09. The van der Waals surface area contributed by atoms with Crippen molar-refractivity contribution in [3.05, 3.63) is 211 Å². The minimum atomic E-state index is 1.09. The lowest BCUT2D eigenvalue weighted by molar-refractivity contribution is 1.00. The molecule has 0 N–H and O–H groups in total. The van der Waals surface area contributed by atoms with E-state index in [0.29, 0.717) is 0 Å². The molecule has 0 aliphatic heterocycles. The van der Waals surface area contributed by atoms with Crippen molar-refractivity contribution in [1.82, 2.24) is 0 Å². The van der Waals surface area contributed by atoms with Crippen LogP contribution in [-0.4, -0.2) is 0 Å². The van der Waals surface area contributed by atoms with Crippen molar-refractivity contribution in [2.75, 3.05) is 0 Å². The lowest BCUT2D eigenvalue weighted by atomic mass is 9.83. The molecule has 1 aliphatic rings. The smallest absolute Gasteiger partial charge is 0.000697 e. The van der Waals surface area contributed by atoms with E-state index in [1.165, 1.54) is 152 Å². The summed E-state index contributed by atoms with van der Waals surface area (Å²) < 4.78 is 0. The van der Waals surface area contributed by atoms with Gasteiger partial charge in [-0.25, -0.2) is 0 Å². The van der Waals surface area contributed by atoms with Crippen LogP contribution in [0.2, 0.25) is 0 Å². The first-order valence-electron chi connectivity index (χ1n) is 22.7. The van der Waals surface area contributed by atoms with Crippen molar-refractivity contribution >= 4 is 114 Å². The molecular weight excluding hydrogens is 769 g/mol. The van der Waals surface area contributed by atoms with E-state index in [-0.39, 0.29) is 0 Å². The third kappa shape index (κ3) is 4.52. The summed E-state index contributed by atoms with van der Waals surface area (Å²) in [6.07, 6.45) is 6.94. The van der Waals surface area contributed by atoms with Crippen LogP contribution in [0.25, 0.3) is 147 Å². The first-order valence-corrected chi connectivity index (χ1v) is 22.7.